The third-order valence-corrected chi connectivity index (χ3v) is 8.72. The summed E-state index contributed by atoms with van der Waals surface area (Å²) in [5, 5.41) is 12.7. The summed E-state index contributed by atoms with van der Waals surface area (Å²) in [7, 11) is 0. The Kier molecular flexibility index (Phi) is 7.69. The summed E-state index contributed by atoms with van der Waals surface area (Å²) in [5.41, 5.74) is 5.17. The molecule has 1 amide bonds. The van der Waals surface area contributed by atoms with E-state index < -0.39 is 0 Å². The molecule has 36 heavy (non-hydrogen) atoms. The van der Waals surface area contributed by atoms with Crippen LogP contribution < -0.4 is 5.32 Å². The van der Waals surface area contributed by atoms with Gasteiger partial charge in [0.2, 0.25) is 5.91 Å². The Bertz CT molecular complexity index is 1460. The van der Waals surface area contributed by atoms with Gasteiger partial charge in [-0.1, -0.05) is 78.1 Å². The van der Waals surface area contributed by atoms with Crippen LogP contribution in [-0.4, -0.2) is 31.4 Å². The monoisotopic (exact) mass is 531 g/mol. The summed E-state index contributed by atoms with van der Waals surface area (Å²) in [6, 6.07) is 24.5. The number of anilines is 1. The second-order valence-corrected chi connectivity index (χ2v) is 11.6. The number of carbonyl (C=O) groups excluding carboxylic acids is 1. The fourth-order valence-electron chi connectivity index (χ4n) is 3.68. The lowest BCUT2D eigenvalue weighted by atomic mass is 10.1. The highest BCUT2D eigenvalue weighted by Gasteiger charge is 2.16. The van der Waals surface area contributed by atoms with Crippen molar-refractivity contribution >= 4 is 56.7 Å². The van der Waals surface area contributed by atoms with E-state index >= 15 is 0 Å². The number of rotatable bonds is 9. The molecule has 6 nitrogen and oxygen atoms in total. The van der Waals surface area contributed by atoms with E-state index in [1.54, 1.807) is 23.1 Å². The number of aromatic nitrogens is 4. The average molecular weight is 532 g/mol. The first kappa shape index (κ1) is 24.5. The molecular weight excluding hydrogens is 507 g/mol. The van der Waals surface area contributed by atoms with Crippen molar-refractivity contribution in [2.45, 2.75) is 35.6 Å². The van der Waals surface area contributed by atoms with Crippen LogP contribution in [0.4, 0.5) is 5.69 Å². The number of hydrogen-bond donors (Lipinski definition) is 1. The van der Waals surface area contributed by atoms with Crippen molar-refractivity contribution in [3.8, 4) is 0 Å². The van der Waals surface area contributed by atoms with E-state index in [0.717, 1.165) is 43.2 Å². The molecule has 0 aliphatic heterocycles. The number of aryl methyl sites for hydroxylation is 2. The van der Waals surface area contributed by atoms with E-state index in [9.17, 15) is 4.79 Å². The van der Waals surface area contributed by atoms with Gasteiger partial charge in [0.15, 0.2) is 9.50 Å². The largest absolute Gasteiger partial charge is 0.325 e. The number of hydrogen-bond acceptors (Lipinski definition) is 7. The predicted octanol–water partition coefficient (Wildman–Crippen LogP) is 6.58. The predicted molar refractivity (Wildman–Crippen MR) is 150 cm³/mol. The van der Waals surface area contributed by atoms with Crippen LogP contribution in [0.15, 0.2) is 82.3 Å². The third-order valence-electron chi connectivity index (χ3n) is 5.58. The van der Waals surface area contributed by atoms with E-state index in [4.69, 9.17) is 4.98 Å². The maximum absolute atomic E-state index is 12.7. The molecule has 0 aliphatic rings. The molecule has 0 fully saturated rings. The summed E-state index contributed by atoms with van der Waals surface area (Å²) >= 11 is 4.75. The van der Waals surface area contributed by atoms with Crippen LogP contribution in [0, 0.1) is 13.8 Å². The fourth-order valence-corrected chi connectivity index (χ4v) is 6.45. The number of fused-ring (bicyclic) bond motifs is 1. The first-order valence-corrected chi connectivity index (χ1v) is 14.3. The molecule has 0 atom stereocenters. The number of carbonyl (C=O) groups is 1. The zero-order chi connectivity index (χ0) is 24.9. The molecule has 5 rings (SSSR count). The highest BCUT2D eigenvalue weighted by molar-refractivity contribution is 8.00. The topological polar surface area (TPSA) is 72.7 Å². The van der Waals surface area contributed by atoms with Crippen molar-refractivity contribution in [2.24, 2.45) is 0 Å². The van der Waals surface area contributed by atoms with E-state index in [-0.39, 0.29) is 11.7 Å². The summed E-state index contributed by atoms with van der Waals surface area (Å²) in [5.74, 6) is 1.70. The first-order valence-electron chi connectivity index (χ1n) is 11.5. The molecular formula is C27H25N5OS3. The molecule has 2 aromatic heterocycles. The maximum atomic E-state index is 12.7. The number of nitrogens with one attached hydrogen (secondary N) is 1. The van der Waals surface area contributed by atoms with Crippen LogP contribution in [0.25, 0.3) is 10.2 Å². The Labute approximate surface area is 222 Å². The van der Waals surface area contributed by atoms with Gasteiger partial charge in [-0.05, 0) is 48.7 Å². The number of benzene rings is 3. The molecule has 5 aromatic rings. The third kappa shape index (κ3) is 5.98. The number of thiazole rings is 1. The summed E-state index contributed by atoms with van der Waals surface area (Å²) < 4.78 is 4.29. The van der Waals surface area contributed by atoms with Crippen molar-refractivity contribution in [1.82, 2.24) is 19.7 Å². The summed E-state index contributed by atoms with van der Waals surface area (Å²) in [6.07, 6.45) is 0. The lowest BCUT2D eigenvalue weighted by Gasteiger charge is -2.11. The minimum atomic E-state index is -0.0617. The molecule has 0 radical (unpaired) electrons. The zero-order valence-corrected chi connectivity index (χ0v) is 22.4. The van der Waals surface area contributed by atoms with Gasteiger partial charge in [0.1, 0.15) is 5.82 Å². The van der Waals surface area contributed by atoms with Crippen molar-refractivity contribution < 1.29 is 4.79 Å². The minimum absolute atomic E-state index is 0.0617. The van der Waals surface area contributed by atoms with Gasteiger partial charge in [0.25, 0.3) is 0 Å². The molecule has 1 N–H and O–H groups in total. The maximum Gasteiger partial charge on any atom is 0.234 e. The normalized spacial score (nSPS) is 11.2. The minimum Gasteiger partial charge on any atom is -0.325 e. The lowest BCUT2D eigenvalue weighted by molar-refractivity contribution is -0.113. The van der Waals surface area contributed by atoms with E-state index in [0.29, 0.717) is 12.3 Å². The van der Waals surface area contributed by atoms with Crippen LogP contribution in [0.2, 0.25) is 0 Å². The molecule has 9 heteroatoms. The van der Waals surface area contributed by atoms with Crippen molar-refractivity contribution in [2.75, 3.05) is 11.1 Å². The second kappa shape index (κ2) is 11.3. The SMILES string of the molecule is Cc1ccc(C)c(NC(=O)CSc2nnc(CSc3nc4ccccc4s3)n2Cc2ccccc2)c1. The molecule has 0 bridgehead atoms. The molecule has 0 unspecified atom stereocenters. The van der Waals surface area contributed by atoms with Gasteiger partial charge in [-0.2, -0.15) is 0 Å². The molecule has 0 spiro atoms. The molecule has 2 heterocycles. The van der Waals surface area contributed by atoms with Crippen LogP contribution in [0.1, 0.15) is 22.5 Å². The number of nitrogens with zero attached hydrogens (tertiary/aromatic N) is 4. The Morgan fingerprint density at radius 3 is 2.61 bits per heavy atom. The fraction of sp³-hybridized carbons (Fsp3) is 0.185. The van der Waals surface area contributed by atoms with E-state index in [1.165, 1.54) is 16.5 Å². The summed E-state index contributed by atoms with van der Waals surface area (Å²) in [6.45, 7) is 4.66. The first-order chi connectivity index (χ1) is 17.5. The Balaban J connectivity index is 1.31. The Morgan fingerprint density at radius 1 is 0.972 bits per heavy atom. The molecule has 3 aromatic carbocycles. The number of thioether (sulfide) groups is 2. The number of amides is 1. The van der Waals surface area contributed by atoms with Gasteiger partial charge in [-0.25, -0.2) is 4.98 Å². The van der Waals surface area contributed by atoms with E-state index in [1.807, 2.05) is 68.4 Å². The van der Waals surface area contributed by atoms with Gasteiger partial charge in [-0.15, -0.1) is 21.5 Å². The Hall–Kier alpha value is -3.14. The molecule has 0 saturated carbocycles. The highest BCUT2D eigenvalue weighted by atomic mass is 32.2. The van der Waals surface area contributed by atoms with E-state index in [2.05, 4.69) is 38.3 Å². The smallest absolute Gasteiger partial charge is 0.234 e. The van der Waals surface area contributed by atoms with Crippen molar-refractivity contribution in [3.05, 3.63) is 95.3 Å². The van der Waals surface area contributed by atoms with Crippen molar-refractivity contribution in [1.29, 1.82) is 0 Å². The second-order valence-electron chi connectivity index (χ2n) is 8.36. The van der Waals surface area contributed by atoms with Gasteiger partial charge < -0.3 is 9.88 Å². The van der Waals surface area contributed by atoms with Crippen molar-refractivity contribution in [3.63, 3.8) is 0 Å². The highest BCUT2D eigenvalue weighted by Crippen LogP contribution is 2.32. The van der Waals surface area contributed by atoms with Gasteiger partial charge in [0, 0.05) is 5.69 Å². The Morgan fingerprint density at radius 2 is 1.78 bits per heavy atom. The quantitative estimate of drug-likeness (QED) is 0.217. The van der Waals surface area contributed by atoms with Crippen LogP contribution in [0.5, 0.6) is 0 Å². The molecule has 182 valence electrons. The van der Waals surface area contributed by atoms with Gasteiger partial charge in [-0.3, -0.25) is 4.79 Å². The zero-order valence-electron chi connectivity index (χ0n) is 20.0. The molecule has 0 saturated heterocycles. The van der Waals surface area contributed by atoms with Crippen LogP contribution >= 0.6 is 34.9 Å². The van der Waals surface area contributed by atoms with Crippen LogP contribution in [-0.2, 0) is 17.1 Å². The van der Waals surface area contributed by atoms with Crippen LogP contribution in [0.3, 0.4) is 0 Å². The standard InChI is InChI=1S/C27H25N5OS3/c1-18-12-13-19(2)22(14-18)28-25(33)17-34-26-31-30-24(32(26)15-20-8-4-3-5-9-20)16-35-27-29-21-10-6-7-11-23(21)36-27/h3-14H,15-17H2,1-2H3,(H,28,33). The van der Waals surface area contributed by atoms with Gasteiger partial charge in [0.05, 0.1) is 28.3 Å². The average Bonchev–Trinajstić information content (AvgIpc) is 3.47. The lowest BCUT2D eigenvalue weighted by Crippen LogP contribution is -2.16. The van der Waals surface area contributed by atoms with Gasteiger partial charge >= 0.3 is 0 Å². The molecule has 0 aliphatic carbocycles. The summed E-state index contributed by atoms with van der Waals surface area (Å²) in [4.78, 5) is 17.4. The number of para-hydroxylation sites is 1.